The van der Waals surface area contributed by atoms with Crippen molar-refractivity contribution in [2.75, 3.05) is 19.7 Å². The summed E-state index contributed by atoms with van der Waals surface area (Å²) < 4.78 is 94.0. The number of nitrogens with zero attached hydrogens (tertiary/aromatic N) is 1. The van der Waals surface area contributed by atoms with Crippen molar-refractivity contribution in [2.24, 2.45) is 5.92 Å². The Morgan fingerprint density at radius 1 is 1.39 bits per heavy atom. The molecule has 1 fully saturated rings. The van der Waals surface area contributed by atoms with Gasteiger partial charge in [-0.05, 0) is 5.79 Å². The molecule has 0 aromatic carbocycles. The van der Waals surface area contributed by atoms with E-state index >= 15 is 0 Å². The number of nitrogens with one attached hydrogen (secondary N) is 1. The van der Waals surface area contributed by atoms with Gasteiger partial charge in [-0.3, -0.25) is 23.4 Å². The van der Waals surface area contributed by atoms with Crippen LogP contribution in [0.15, 0.2) is 33.7 Å². The molecule has 0 saturated carbocycles. The zero-order valence-corrected chi connectivity index (χ0v) is 17.0. The van der Waals surface area contributed by atoms with E-state index in [1.54, 1.807) is 0 Å². The zero-order valence-electron chi connectivity index (χ0n) is 19.3. The minimum absolute atomic E-state index is 0.665. The molecule has 0 bridgehead atoms. The van der Waals surface area contributed by atoms with E-state index in [0.29, 0.717) is 0 Å². The molecule has 1 aliphatic rings. The second kappa shape index (κ2) is 10.5. The summed E-state index contributed by atoms with van der Waals surface area (Å²) in [4.78, 5) is 25.6. The van der Waals surface area contributed by atoms with Crippen LogP contribution in [-0.2, 0) is 32.2 Å². The Bertz CT molecular complexity index is 1060. The lowest BCUT2D eigenvalue weighted by atomic mass is 10.0. The summed E-state index contributed by atoms with van der Waals surface area (Å²) in [6.07, 6.45) is -4.63. The van der Waals surface area contributed by atoms with Crippen LogP contribution in [0.2, 0.25) is 0 Å². The number of aromatic amines is 1. The first-order chi connectivity index (χ1) is 15.3. The number of methoxy groups -OCH3 is 1. The normalized spacial score (nSPS) is 31.2. The third kappa shape index (κ3) is 5.61. The third-order valence-corrected chi connectivity index (χ3v) is 6.38. The summed E-state index contributed by atoms with van der Waals surface area (Å²) in [6.45, 7) is 1.43. The summed E-state index contributed by atoms with van der Waals surface area (Å²) in [5, 5.41) is 0. The van der Waals surface area contributed by atoms with Gasteiger partial charge in [-0.2, -0.15) is 0 Å². The van der Waals surface area contributed by atoms with Crippen LogP contribution in [0.1, 0.15) is 20.0 Å². The molecule has 154 valence electrons. The van der Waals surface area contributed by atoms with Crippen LogP contribution in [0.4, 0.5) is 0 Å². The molecule has 0 radical (unpaired) electrons. The molecule has 1 aromatic heterocycles. The van der Waals surface area contributed by atoms with E-state index in [4.69, 9.17) is 16.3 Å². The van der Waals surface area contributed by atoms with Gasteiger partial charge in [-0.1, -0.05) is 13.0 Å². The Morgan fingerprint density at radius 3 is 2.64 bits per heavy atom. The molecule has 28 heavy (non-hydrogen) atoms. The fraction of sp³-hybridized carbons (Fsp3) is 0.571. The zero-order chi connectivity index (χ0) is 25.0. The van der Waals surface area contributed by atoms with Crippen molar-refractivity contribution in [1.29, 1.82) is 0 Å². The standard InChI is InChI=1S/C14H19N2O9P3/c1-9-10(4-6-28(21,7-23-26-19)8-24-27-20)25-13(12(9)22-2)16-5-3-11(17)15-14(16)18/h3-6,9-10,12-13H,7-8H2,1-2H3,(H,15,17,18)/b6-4+/t9-,10-,12-,13-/m1/s1/i2D3,4D,6D. The number of ether oxygens (including phenoxy) is 2. The van der Waals surface area contributed by atoms with Gasteiger partial charge in [-0.15, -0.1) is 0 Å². The number of hydrogen-bond donors (Lipinski definition) is 1. The van der Waals surface area contributed by atoms with Crippen molar-refractivity contribution in [3.8, 4) is 0 Å². The molecule has 0 amide bonds. The molecule has 1 aliphatic heterocycles. The number of rotatable bonds is 10. The topological polar surface area (TPSA) is 143 Å². The molecule has 1 aromatic rings. The van der Waals surface area contributed by atoms with Crippen LogP contribution < -0.4 is 11.2 Å². The second-order valence-electron chi connectivity index (χ2n) is 5.72. The molecule has 0 unspecified atom stereocenters. The predicted molar refractivity (Wildman–Crippen MR) is 99.1 cm³/mol. The van der Waals surface area contributed by atoms with Gasteiger partial charge >= 0.3 is 23.1 Å². The Labute approximate surface area is 170 Å². The van der Waals surface area contributed by atoms with Gasteiger partial charge in [0.1, 0.15) is 18.8 Å². The van der Waals surface area contributed by atoms with Crippen LogP contribution in [0, 0.1) is 5.92 Å². The molecule has 14 heteroatoms. The second-order valence-corrected chi connectivity index (χ2v) is 9.05. The molecule has 2 heterocycles. The molecular formula is C14H19N2O9P3. The Morgan fingerprint density at radius 2 is 2.07 bits per heavy atom. The fourth-order valence-electron chi connectivity index (χ4n) is 2.48. The number of H-pyrrole nitrogens is 1. The van der Waals surface area contributed by atoms with Crippen molar-refractivity contribution in [3.63, 3.8) is 0 Å². The minimum Gasteiger partial charge on any atom is -0.376 e. The molecule has 1 N–H and O–H groups in total. The van der Waals surface area contributed by atoms with Crippen LogP contribution >= 0.6 is 24.5 Å². The van der Waals surface area contributed by atoms with Gasteiger partial charge in [0.25, 0.3) is 5.56 Å². The smallest absolute Gasteiger partial charge is 0.330 e. The van der Waals surface area contributed by atoms with Gasteiger partial charge in [0.2, 0.25) is 0 Å². The molecule has 11 nitrogen and oxygen atoms in total. The van der Waals surface area contributed by atoms with Gasteiger partial charge in [0.15, 0.2) is 13.4 Å². The highest BCUT2D eigenvalue weighted by molar-refractivity contribution is 7.67. The third-order valence-electron chi connectivity index (χ3n) is 3.87. The number of aromatic nitrogens is 2. The largest absolute Gasteiger partial charge is 0.376 e. The van der Waals surface area contributed by atoms with E-state index in [1.807, 2.05) is 4.98 Å². The van der Waals surface area contributed by atoms with Crippen LogP contribution in [-0.4, -0.2) is 41.5 Å². The van der Waals surface area contributed by atoms with Crippen LogP contribution in [0.5, 0.6) is 0 Å². The van der Waals surface area contributed by atoms with E-state index < -0.39 is 91.7 Å². The van der Waals surface area contributed by atoms with Gasteiger partial charge in [0.05, 0.1) is 13.0 Å². The van der Waals surface area contributed by atoms with E-state index in [2.05, 4.69) is 9.05 Å². The lowest BCUT2D eigenvalue weighted by molar-refractivity contribution is -0.0444. The Balaban J connectivity index is 2.52. The van der Waals surface area contributed by atoms with E-state index in [9.17, 15) is 23.3 Å². The molecule has 1 saturated heterocycles. The van der Waals surface area contributed by atoms with Crippen molar-refractivity contribution in [2.45, 2.75) is 25.4 Å². The van der Waals surface area contributed by atoms with E-state index in [1.165, 1.54) is 6.92 Å². The first-order valence-electron chi connectivity index (χ1n) is 10.1. The van der Waals surface area contributed by atoms with Gasteiger partial charge in [-0.25, -0.2) is 13.9 Å². The highest BCUT2D eigenvalue weighted by atomic mass is 31.2. The van der Waals surface area contributed by atoms with Crippen molar-refractivity contribution in [3.05, 3.63) is 44.9 Å². The lowest BCUT2D eigenvalue weighted by Gasteiger charge is -2.20. The van der Waals surface area contributed by atoms with Crippen molar-refractivity contribution < 1.29 is 39.1 Å². The Hall–Kier alpha value is -1.31. The average molecular weight is 457 g/mol. The van der Waals surface area contributed by atoms with E-state index in [-0.39, 0.29) is 0 Å². The van der Waals surface area contributed by atoms with Crippen LogP contribution in [0.3, 0.4) is 0 Å². The van der Waals surface area contributed by atoms with Crippen LogP contribution in [0.25, 0.3) is 0 Å². The fourth-order valence-corrected chi connectivity index (χ4v) is 4.92. The van der Waals surface area contributed by atoms with Gasteiger partial charge in [0, 0.05) is 25.2 Å². The maximum atomic E-state index is 13.1. The first-order valence-corrected chi connectivity index (χ1v) is 11.2. The maximum Gasteiger partial charge on any atom is 0.330 e. The predicted octanol–water partition coefficient (Wildman–Crippen LogP) is 2.32. The molecule has 0 aliphatic carbocycles. The molecule has 4 atom stereocenters. The Kier molecular flexibility index (Phi) is 6.16. The first kappa shape index (κ1) is 16.5. The van der Waals surface area contributed by atoms with Crippen molar-refractivity contribution >= 4 is 24.5 Å². The van der Waals surface area contributed by atoms with E-state index in [0.717, 1.165) is 16.8 Å². The highest BCUT2D eigenvalue weighted by Gasteiger charge is 2.42. The molecule has 2 rings (SSSR count). The average Bonchev–Trinajstić information content (AvgIpc) is 3.04. The minimum atomic E-state index is -3.99. The maximum absolute atomic E-state index is 13.1. The summed E-state index contributed by atoms with van der Waals surface area (Å²) >= 11 is 0. The summed E-state index contributed by atoms with van der Waals surface area (Å²) in [5.41, 5.74) is -1.64. The lowest BCUT2D eigenvalue weighted by Crippen LogP contribution is -2.36. The summed E-state index contributed by atoms with van der Waals surface area (Å²) in [7, 11) is -8.61. The summed E-state index contributed by atoms with van der Waals surface area (Å²) in [6, 6.07) is 0.331. The quantitative estimate of drug-likeness (QED) is 0.524. The van der Waals surface area contributed by atoms with Crippen molar-refractivity contribution in [1.82, 2.24) is 9.55 Å². The molecular weight excluding hydrogens is 433 g/mol. The SMILES string of the molecule is [2H]/C(=C(/[2H])P(=O)(COP=O)COP=O)[C@H]1O[C@@H](n2ccc(=O)[nH]c2=O)[C@H](OC([2H])([2H])[2H])[C@@H]1C. The monoisotopic (exact) mass is 457 g/mol. The summed E-state index contributed by atoms with van der Waals surface area (Å²) in [5.74, 6) is -1.76. The molecule has 0 spiro atoms. The highest BCUT2D eigenvalue weighted by Crippen LogP contribution is 2.49. The number of hydrogen-bond acceptors (Lipinski definition) is 9. The van der Waals surface area contributed by atoms with Gasteiger partial charge < -0.3 is 14.0 Å².